The van der Waals surface area contributed by atoms with Gasteiger partial charge in [-0.15, -0.1) is 0 Å². The molecule has 2 heterocycles. The molecule has 0 bridgehead atoms. The Labute approximate surface area is 109 Å². The minimum absolute atomic E-state index is 0.186. The summed E-state index contributed by atoms with van der Waals surface area (Å²) in [5, 5.41) is 2.77. The van der Waals surface area contributed by atoms with E-state index in [1.54, 1.807) is 24.7 Å². The van der Waals surface area contributed by atoms with Gasteiger partial charge < -0.3 is 10.3 Å². The Bertz CT molecular complexity index is 748. The summed E-state index contributed by atoms with van der Waals surface area (Å²) in [5.41, 5.74) is 3.30. The highest BCUT2D eigenvalue weighted by Crippen LogP contribution is 2.13. The molecule has 0 aliphatic rings. The standard InChI is InChI=1S/C14H12N4O/c1-9-4-5-15-13(6-9)18-14(19)10-2-3-11-12(7-10)17-8-16-11/h2-8H,1H3,(H,16,17)(H,15,18,19). The summed E-state index contributed by atoms with van der Waals surface area (Å²) >= 11 is 0. The first kappa shape index (κ1) is 11.4. The molecule has 0 saturated heterocycles. The highest BCUT2D eigenvalue weighted by atomic mass is 16.1. The molecule has 1 aromatic carbocycles. The van der Waals surface area contributed by atoms with Crippen molar-refractivity contribution >= 4 is 22.8 Å². The molecule has 94 valence electrons. The number of nitrogens with one attached hydrogen (secondary N) is 2. The third-order valence-electron chi connectivity index (χ3n) is 2.84. The van der Waals surface area contributed by atoms with E-state index in [1.165, 1.54) is 0 Å². The molecule has 0 saturated carbocycles. The fourth-order valence-corrected chi connectivity index (χ4v) is 1.87. The van der Waals surface area contributed by atoms with Gasteiger partial charge in [0, 0.05) is 11.8 Å². The number of aryl methyl sites for hydroxylation is 1. The van der Waals surface area contributed by atoms with Gasteiger partial charge in [-0.1, -0.05) is 0 Å². The van der Waals surface area contributed by atoms with Crippen LogP contribution in [-0.4, -0.2) is 20.9 Å². The number of aromatic amines is 1. The summed E-state index contributed by atoms with van der Waals surface area (Å²) in [4.78, 5) is 23.3. The van der Waals surface area contributed by atoms with Gasteiger partial charge >= 0.3 is 0 Å². The highest BCUT2D eigenvalue weighted by molar-refractivity contribution is 6.05. The van der Waals surface area contributed by atoms with Crippen molar-refractivity contribution in [3.8, 4) is 0 Å². The molecule has 0 aliphatic heterocycles. The number of H-pyrrole nitrogens is 1. The van der Waals surface area contributed by atoms with Crippen LogP contribution in [0.15, 0.2) is 42.9 Å². The quantitative estimate of drug-likeness (QED) is 0.736. The van der Waals surface area contributed by atoms with Gasteiger partial charge in [0.15, 0.2) is 0 Å². The Morgan fingerprint density at radius 1 is 1.21 bits per heavy atom. The van der Waals surface area contributed by atoms with E-state index in [2.05, 4.69) is 20.3 Å². The third kappa shape index (κ3) is 2.30. The van der Waals surface area contributed by atoms with Crippen LogP contribution in [0.1, 0.15) is 15.9 Å². The number of hydrogen-bond acceptors (Lipinski definition) is 3. The summed E-state index contributed by atoms with van der Waals surface area (Å²) in [6, 6.07) is 9.03. The van der Waals surface area contributed by atoms with Crippen LogP contribution >= 0.6 is 0 Å². The summed E-state index contributed by atoms with van der Waals surface area (Å²) in [6.07, 6.45) is 3.28. The molecule has 0 spiro atoms. The van der Waals surface area contributed by atoms with Crippen molar-refractivity contribution in [2.45, 2.75) is 6.92 Å². The Kier molecular flexibility index (Phi) is 2.72. The number of carbonyl (C=O) groups excluding carboxylic acids is 1. The second kappa shape index (κ2) is 4.53. The largest absolute Gasteiger partial charge is 0.345 e. The zero-order chi connectivity index (χ0) is 13.2. The minimum atomic E-state index is -0.186. The van der Waals surface area contributed by atoms with Gasteiger partial charge in [-0.2, -0.15) is 0 Å². The van der Waals surface area contributed by atoms with Crippen molar-refractivity contribution in [3.05, 3.63) is 54.0 Å². The number of fused-ring (bicyclic) bond motifs is 1. The maximum Gasteiger partial charge on any atom is 0.256 e. The Balaban J connectivity index is 1.87. The van der Waals surface area contributed by atoms with Crippen molar-refractivity contribution in [2.75, 3.05) is 5.32 Å². The summed E-state index contributed by atoms with van der Waals surface area (Å²) in [6.45, 7) is 1.95. The monoisotopic (exact) mass is 252 g/mol. The number of hydrogen-bond donors (Lipinski definition) is 2. The molecule has 19 heavy (non-hydrogen) atoms. The van der Waals surface area contributed by atoms with E-state index >= 15 is 0 Å². The molecule has 0 aliphatic carbocycles. The number of carbonyl (C=O) groups is 1. The molecule has 0 atom stereocenters. The summed E-state index contributed by atoms with van der Waals surface area (Å²) < 4.78 is 0. The molecule has 2 N–H and O–H groups in total. The van der Waals surface area contributed by atoms with Gasteiger partial charge in [-0.05, 0) is 42.8 Å². The third-order valence-corrected chi connectivity index (χ3v) is 2.84. The number of nitrogens with zero attached hydrogens (tertiary/aromatic N) is 2. The number of amides is 1. The minimum Gasteiger partial charge on any atom is -0.345 e. The van der Waals surface area contributed by atoms with E-state index < -0.39 is 0 Å². The lowest BCUT2D eigenvalue weighted by Crippen LogP contribution is -2.12. The molecule has 1 amide bonds. The average Bonchev–Trinajstić information content (AvgIpc) is 2.85. The lowest BCUT2D eigenvalue weighted by Gasteiger charge is -2.05. The first-order valence-corrected chi connectivity index (χ1v) is 5.89. The first-order valence-electron chi connectivity index (χ1n) is 5.89. The molecule has 3 aromatic rings. The van der Waals surface area contributed by atoms with Crippen LogP contribution in [0.3, 0.4) is 0 Å². The number of anilines is 1. The van der Waals surface area contributed by atoms with E-state index in [-0.39, 0.29) is 5.91 Å². The van der Waals surface area contributed by atoms with Crippen LogP contribution in [0.2, 0.25) is 0 Å². The van der Waals surface area contributed by atoms with Crippen LogP contribution in [0, 0.1) is 6.92 Å². The second-order valence-electron chi connectivity index (χ2n) is 4.31. The molecular weight excluding hydrogens is 240 g/mol. The smallest absolute Gasteiger partial charge is 0.256 e. The van der Waals surface area contributed by atoms with Crippen molar-refractivity contribution in [1.29, 1.82) is 0 Å². The number of pyridine rings is 1. The summed E-state index contributed by atoms with van der Waals surface area (Å²) in [5.74, 6) is 0.365. The molecule has 0 radical (unpaired) electrons. The van der Waals surface area contributed by atoms with Crippen molar-refractivity contribution in [2.24, 2.45) is 0 Å². The van der Waals surface area contributed by atoms with Gasteiger partial charge in [0.25, 0.3) is 5.91 Å². The van der Waals surface area contributed by atoms with Crippen LogP contribution in [0.4, 0.5) is 5.82 Å². The zero-order valence-electron chi connectivity index (χ0n) is 10.3. The molecule has 5 nitrogen and oxygen atoms in total. The predicted octanol–water partition coefficient (Wildman–Crippen LogP) is 2.52. The van der Waals surface area contributed by atoms with E-state index in [9.17, 15) is 4.79 Å². The van der Waals surface area contributed by atoms with Crippen LogP contribution < -0.4 is 5.32 Å². The topological polar surface area (TPSA) is 70.7 Å². The predicted molar refractivity (Wildman–Crippen MR) is 73.0 cm³/mol. The Hall–Kier alpha value is -2.69. The van der Waals surface area contributed by atoms with Crippen LogP contribution in [0.25, 0.3) is 11.0 Å². The van der Waals surface area contributed by atoms with E-state index in [4.69, 9.17) is 0 Å². The van der Waals surface area contributed by atoms with E-state index in [0.29, 0.717) is 11.4 Å². The van der Waals surface area contributed by atoms with E-state index in [0.717, 1.165) is 16.6 Å². The molecule has 2 aromatic heterocycles. The maximum atomic E-state index is 12.1. The maximum absolute atomic E-state index is 12.1. The molecule has 3 rings (SSSR count). The molecule has 0 unspecified atom stereocenters. The first-order chi connectivity index (χ1) is 9.22. The van der Waals surface area contributed by atoms with E-state index in [1.807, 2.05) is 25.1 Å². The fourth-order valence-electron chi connectivity index (χ4n) is 1.87. The average molecular weight is 252 g/mol. The van der Waals surface area contributed by atoms with Crippen LogP contribution in [-0.2, 0) is 0 Å². The van der Waals surface area contributed by atoms with Gasteiger partial charge in [-0.25, -0.2) is 9.97 Å². The fraction of sp³-hybridized carbons (Fsp3) is 0.0714. The summed E-state index contributed by atoms with van der Waals surface area (Å²) in [7, 11) is 0. The zero-order valence-corrected chi connectivity index (χ0v) is 10.3. The van der Waals surface area contributed by atoms with Crippen molar-refractivity contribution in [1.82, 2.24) is 15.0 Å². The van der Waals surface area contributed by atoms with Crippen LogP contribution in [0.5, 0.6) is 0 Å². The lowest BCUT2D eigenvalue weighted by molar-refractivity contribution is 0.102. The number of benzene rings is 1. The van der Waals surface area contributed by atoms with Gasteiger partial charge in [0.05, 0.1) is 17.4 Å². The molecule has 0 fully saturated rings. The molecule has 5 heteroatoms. The SMILES string of the molecule is Cc1ccnc(NC(=O)c2ccc3nc[nH]c3c2)c1. The Morgan fingerprint density at radius 2 is 2.11 bits per heavy atom. The van der Waals surface area contributed by atoms with Gasteiger partial charge in [0.2, 0.25) is 0 Å². The van der Waals surface area contributed by atoms with Crippen molar-refractivity contribution < 1.29 is 4.79 Å². The van der Waals surface area contributed by atoms with Gasteiger partial charge in [-0.3, -0.25) is 4.79 Å². The van der Waals surface area contributed by atoms with Crippen molar-refractivity contribution in [3.63, 3.8) is 0 Å². The second-order valence-corrected chi connectivity index (χ2v) is 4.31. The highest BCUT2D eigenvalue weighted by Gasteiger charge is 2.08. The normalized spacial score (nSPS) is 10.6. The number of imidazole rings is 1. The molecular formula is C14H12N4O. The Morgan fingerprint density at radius 3 is 2.95 bits per heavy atom. The lowest BCUT2D eigenvalue weighted by atomic mass is 10.2. The van der Waals surface area contributed by atoms with Gasteiger partial charge in [0.1, 0.15) is 5.82 Å². The number of rotatable bonds is 2. The number of aromatic nitrogens is 3.